The normalized spacial score (nSPS) is 10.1. The zero-order chi connectivity index (χ0) is 13.7. The lowest BCUT2D eigenvalue weighted by Crippen LogP contribution is -2.03. The lowest BCUT2D eigenvalue weighted by Gasteiger charge is -2.09. The number of rotatable bonds is 5. The van der Waals surface area contributed by atoms with Crippen molar-refractivity contribution in [3.63, 3.8) is 0 Å². The fourth-order valence-corrected chi connectivity index (χ4v) is 1.75. The third kappa shape index (κ3) is 3.48. The molecular weight excluding hydrogens is 264 g/mol. The lowest BCUT2D eigenvalue weighted by molar-refractivity contribution is 0.415. The molecule has 19 heavy (non-hydrogen) atoms. The lowest BCUT2D eigenvalue weighted by atomic mass is 10.3. The van der Waals surface area contributed by atoms with Crippen LogP contribution in [0, 0.1) is 0 Å². The topological polar surface area (TPSA) is 59.1 Å². The summed E-state index contributed by atoms with van der Waals surface area (Å²) in [4.78, 5) is 8.44. The minimum atomic E-state index is 0.573. The molecule has 0 saturated heterocycles. The Balaban J connectivity index is 2.18. The minimum Gasteiger partial charge on any atom is -0.495 e. The van der Waals surface area contributed by atoms with Crippen LogP contribution >= 0.6 is 11.6 Å². The first kappa shape index (κ1) is 13.4. The Morgan fingerprint density at radius 2 is 2.16 bits per heavy atom. The molecule has 1 aromatic carbocycles. The van der Waals surface area contributed by atoms with Crippen LogP contribution in [0.15, 0.2) is 30.5 Å². The van der Waals surface area contributed by atoms with Crippen molar-refractivity contribution in [2.75, 3.05) is 24.3 Å². The van der Waals surface area contributed by atoms with Crippen LogP contribution < -0.4 is 15.4 Å². The van der Waals surface area contributed by atoms with E-state index in [2.05, 4.69) is 20.6 Å². The smallest absolute Gasteiger partial charge is 0.224 e. The summed E-state index contributed by atoms with van der Waals surface area (Å²) in [5, 5.41) is 6.81. The molecule has 100 valence electrons. The fraction of sp³-hybridized carbons (Fsp3) is 0.231. The molecule has 0 aliphatic carbocycles. The minimum absolute atomic E-state index is 0.573. The van der Waals surface area contributed by atoms with Crippen molar-refractivity contribution in [1.82, 2.24) is 9.97 Å². The molecular formula is C13H15ClN4O. The second kappa shape index (κ2) is 6.24. The maximum absolute atomic E-state index is 5.98. The molecule has 5 nitrogen and oxygen atoms in total. The van der Waals surface area contributed by atoms with Crippen molar-refractivity contribution < 1.29 is 4.74 Å². The van der Waals surface area contributed by atoms with Crippen LogP contribution in [0.4, 0.5) is 17.5 Å². The Labute approximate surface area is 117 Å². The van der Waals surface area contributed by atoms with E-state index in [4.69, 9.17) is 16.3 Å². The van der Waals surface area contributed by atoms with Crippen LogP contribution in [0.25, 0.3) is 0 Å². The number of anilines is 3. The van der Waals surface area contributed by atoms with Crippen molar-refractivity contribution in [2.24, 2.45) is 0 Å². The fourth-order valence-electron chi connectivity index (χ4n) is 1.56. The number of methoxy groups -OCH3 is 1. The van der Waals surface area contributed by atoms with E-state index >= 15 is 0 Å². The molecule has 0 saturated carbocycles. The van der Waals surface area contributed by atoms with E-state index in [0.29, 0.717) is 22.5 Å². The summed E-state index contributed by atoms with van der Waals surface area (Å²) < 4.78 is 5.17. The van der Waals surface area contributed by atoms with Gasteiger partial charge in [0.1, 0.15) is 11.6 Å². The molecule has 2 aromatic rings. The molecule has 0 aliphatic heterocycles. The number of ether oxygens (including phenoxy) is 1. The molecule has 0 bridgehead atoms. The van der Waals surface area contributed by atoms with Crippen molar-refractivity contribution in [3.8, 4) is 5.75 Å². The predicted octanol–water partition coefficient (Wildman–Crippen LogP) is 3.31. The molecule has 2 rings (SSSR count). The van der Waals surface area contributed by atoms with E-state index in [-0.39, 0.29) is 0 Å². The number of hydrogen-bond acceptors (Lipinski definition) is 5. The second-order valence-electron chi connectivity index (χ2n) is 3.77. The van der Waals surface area contributed by atoms with Crippen molar-refractivity contribution in [2.45, 2.75) is 6.92 Å². The summed E-state index contributed by atoms with van der Waals surface area (Å²) in [5.74, 6) is 1.91. The first-order chi connectivity index (χ1) is 9.22. The molecule has 0 amide bonds. The molecule has 2 N–H and O–H groups in total. The third-order valence-electron chi connectivity index (χ3n) is 2.41. The van der Waals surface area contributed by atoms with Crippen molar-refractivity contribution in [1.29, 1.82) is 0 Å². The molecule has 0 aliphatic rings. The van der Waals surface area contributed by atoms with E-state index < -0.39 is 0 Å². The first-order valence-electron chi connectivity index (χ1n) is 5.90. The number of benzene rings is 1. The number of halogens is 1. The van der Waals surface area contributed by atoms with Gasteiger partial charge in [-0.05, 0) is 25.1 Å². The average molecular weight is 279 g/mol. The third-order valence-corrected chi connectivity index (χ3v) is 2.73. The predicted molar refractivity (Wildman–Crippen MR) is 77.5 cm³/mol. The van der Waals surface area contributed by atoms with Gasteiger partial charge in [0.05, 0.1) is 12.1 Å². The van der Waals surface area contributed by atoms with E-state index in [1.807, 2.05) is 19.1 Å². The van der Waals surface area contributed by atoms with Crippen LogP contribution in [0.3, 0.4) is 0 Å². The molecule has 6 heteroatoms. The highest BCUT2D eigenvalue weighted by atomic mass is 35.5. The first-order valence-corrected chi connectivity index (χ1v) is 6.28. The van der Waals surface area contributed by atoms with Gasteiger partial charge in [0.15, 0.2) is 0 Å². The zero-order valence-corrected chi connectivity index (χ0v) is 11.5. The monoisotopic (exact) mass is 278 g/mol. The Kier molecular flexibility index (Phi) is 4.41. The summed E-state index contributed by atoms with van der Waals surface area (Å²) >= 11 is 5.98. The van der Waals surface area contributed by atoms with Gasteiger partial charge in [-0.2, -0.15) is 4.98 Å². The van der Waals surface area contributed by atoms with Crippen molar-refractivity contribution >= 4 is 29.1 Å². The molecule has 0 fully saturated rings. The van der Waals surface area contributed by atoms with Crippen molar-refractivity contribution in [3.05, 3.63) is 35.5 Å². The van der Waals surface area contributed by atoms with Gasteiger partial charge in [0.2, 0.25) is 5.95 Å². The Morgan fingerprint density at radius 1 is 1.32 bits per heavy atom. The molecule has 0 atom stereocenters. The van der Waals surface area contributed by atoms with Gasteiger partial charge >= 0.3 is 0 Å². The highest BCUT2D eigenvalue weighted by molar-refractivity contribution is 6.32. The highest BCUT2D eigenvalue weighted by Crippen LogP contribution is 2.28. The van der Waals surface area contributed by atoms with E-state index in [0.717, 1.165) is 12.2 Å². The number of hydrogen-bond donors (Lipinski definition) is 2. The second-order valence-corrected chi connectivity index (χ2v) is 4.18. The maximum atomic E-state index is 5.98. The van der Waals surface area contributed by atoms with E-state index in [1.165, 1.54) is 0 Å². The Hall–Kier alpha value is -2.01. The number of nitrogens with zero attached hydrogens (tertiary/aromatic N) is 2. The summed E-state index contributed by atoms with van der Waals surface area (Å²) in [6, 6.07) is 7.24. The van der Waals surface area contributed by atoms with Gasteiger partial charge in [-0.25, -0.2) is 4.98 Å². The summed E-state index contributed by atoms with van der Waals surface area (Å²) in [6.45, 7) is 2.77. The summed E-state index contributed by atoms with van der Waals surface area (Å²) in [5.41, 5.74) is 0.849. The van der Waals surface area contributed by atoms with Crippen LogP contribution in [0.5, 0.6) is 5.75 Å². The zero-order valence-electron chi connectivity index (χ0n) is 10.8. The largest absolute Gasteiger partial charge is 0.495 e. The van der Waals surface area contributed by atoms with Crippen LogP contribution in [-0.4, -0.2) is 23.6 Å². The highest BCUT2D eigenvalue weighted by Gasteiger charge is 2.03. The van der Waals surface area contributed by atoms with Crippen LogP contribution in [0.1, 0.15) is 6.92 Å². The van der Waals surface area contributed by atoms with Gasteiger partial charge in [0, 0.05) is 24.5 Å². The quantitative estimate of drug-likeness (QED) is 0.879. The molecule has 0 radical (unpaired) electrons. The number of aromatic nitrogens is 2. The Bertz CT molecular complexity index is 562. The SMILES string of the molecule is CCNc1nccc(Nc2ccc(Cl)c(OC)c2)n1. The summed E-state index contributed by atoms with van der Waals surface area (Å²) in [7, 11) is 1.58. The maximum Gasteiger partial charge on any atom is 0.224 e. The Morgan fingerprint density at radius 3 is 2.89 bits per heavy atom. The average Bonchev–Trinajstić information content (AvgIpc) is 2.42. The summed E-state index contributed by atoms with van der Waals surface area (Å²) in [6.07, 6.45) is 1.69. The van der Waals surface area contributed by atoms with Gasteiger partial charge in [-0.3, -0.25) is 0 Å². The van der Waals surface area contributed by atoms with Gasteiger partial charge in [-0.1, -0.05) is 11.6 Å². The van der Waals surface area contributed by atoms with Crippen LogP contribution in [0.2, 0.25) is 5.02 Å². The molecule has 1 heterocycles. The van der Waals surface area contributed by atoms with E-state index in [1.54, 1.807) is 25.4 Å². The molecule has 1 aromatic heterocycles. The van der Waals surface area contributed by atoms with Crippen LogP contribution in [-0.2, 0) is 0 Å². The standard InChI is InChI=1S/C13H15ClN4O/c1-3-15-13-16-7-6-12(18-13)17-9-4-5-10(14)11(8-9)19-2/h4-8H,3H2,1-2H3,(H2,15,16,17,18). The molecule has 0 spiro atoms. The number of nitrogens with one attached hydrogen (secondary N) is 2. The van der Waals surface area contributed by atoms with Gasteiger partial charge in [0.25, 0.3) is 0 Å². The molecule has 0 unspecified atom stereocenters. The van der Waals surface area contributed by atoms with Gasteiger partial charge in [-0.15, -0.1) is 0 Å². The van der Waals surface area contributed by atoms with E-state index in [9.17, 15) is 0 Å². The van der Waals surface area contributed by atoms with Gasteiger partial charge < -0.3 is 15.4 Å².